The Morgan fingerprint density at radius 1 is 1.08 bits per heavy atom. The molecule has 1 aliphatic carbocycles. The van der Waals surface area contributed by atoms with Crippen LogP contribution in [0.4, 0.5) is 16.2 Å². The summed E-state index contributed by atoms with van der Waals surface area (Å²) in [6, 6.07) is 15.5. The number of carbonyl (C=O) groups excluding carboxylic acids is 2. The van der Waals surface area contributed by atoms with E-state index in [1.54, 1.807) is 23.3 Å². The number of hydrogen-bond acceptors (Lipinski definition) is 6. The fourth-order valence-electron chi connectivity index (χ4n) is 5.44. The second kappa shape index (κ2) is 9.11. The monoisotopic (exact) mass is 532 g/mol. The third-order valence-electron chi connectivity index (χ3n) is 7.48. The Hall–Kier alpha value is -3.40. The van der Waals surface area contributed by atoms with Crippen LogP contribution in [0.5, 0.6) is 0 Å². The SMILES string of the molecule is Cc1cc2cc(Nc3cccc4cc(C(=O)N5C[C@H](O)C[C@H]5C(C)(C)O)sc34)ccc2n1C(=O)NC1CC1. The van der Waals surface area contributed by atoms with Gasteiger partial charge in [-0.25, -0.2) is 4.79 Å². The first-order valence-electron chi connectivity index (χ1n) is 13.0. The maximum Gasteiger partial charge on any atom is 0.326 e. The van der Waals surface area contributed by atoms with Crippen LogP contribution in [-0.4, -0.2) is 62.0 Å². The number of thiophene rings is 1. The minimum Gasteiger partial charge on any atom is -0.391 e. The lowest BCUT2D eigenvalue weighted by molar-refractivity contribution is 0.000157. The molecule has 2 aliphatic rings. The van der Waals surface area contributed by atoms with Crippen LogP contribution >= 0.6 is 11.3 Å². The highest BCUT2D eigenvalue weighted by Gasteiger charge is 2.43. The molecule has 0 unspecified atom stereocenters. The van der Waals surface area contributed by atoms with Gasteiger partial charge < -0.3 is 25.7 Å². The molecule has 2 fully saturated rings. The van der Waals surface area contributed by atoms with Crippen LogP contribution in [0.15, 0.2) is 48.5 Å². The predicted octanol–water partition coefficient (Wildman–Crippen LogP) is 4.97. The molecule has 0 spiro atoms. The van der Waals surface area contributed by atoms with E-state index in [9.17, 15) is 19.8 Å². The number of rotatable bonds is 5. The summed E-state index contributed by atoms with van der Waals surface area (Å²) in [5, 5.41) is 29.3. The van der Waals surface area contributed by atoms with Crippen molar-refractivity contribution in [2.45, 2.75) is 63.8 Å². The van der Waals surface area contributed by atoms with Gasteiger partial charge in [-0.1, -0.05) is 12.1 Å². The number of anilines is 2. The van der Waals surface area contributed by atoms with Gasteiger partial charge in [0.2, 0.25) is 0 Å². The second-order valence-electron chi connectivity index (χ2n) is 11.1. The topological polar surface area (TPSA) is 107 Å². The van der Waals surface area contributed by atoms with Crippen molar-refractivity contribution in [1.29, 1.82) is 0 Å². The summed E-state index contributed by atoms with van der Waals surface area (Å²) >= 11 is 1.40. The van der Waals surface area contributed by atoms with Gasteiger partial charge in [0.15, 0.2) is 0 Å². The van der Waals surface area contributed by atoms with Gasteiger partial charge in [-0.2, -0.15) is 0 Å². The first-order chi connectivity index (χ1) is 18.1. The number of aryl methyl sites for hydroxylation is 1. The van der Waals surface area contributed by atoms with Crippen LogP contribution in [0.2, 0.25) is 0 Å². The van der Waals surface area contributed by atoms with E-state index in [0.717, 1.165) is 50.9 Å². The number of hydrogen-bond donors (Lipinski definition) is 4. The summed E-state index contributed by atoms with van der Waals surface area (Å²) in [7, 11) is 0. The number of nitrogens with zero attached hydrogens (tertiary/aromatic N) is 2. The first-order valence-corrected chi connectivity index (χ1v) is 13.8. The van der Waals surface area contributed by atoms with E-state index in [-0.39, 0.29) is 18.5 Å². The van der Waals surface area contributed by atoms with Crippen LogP contribution in [0, 0.1) is 6.92 Å². The molecule has 3 heterocycles. The summed E-state index contributed by atoms with van der Waals surface area (Å²) in [4.78, 5) is 28.4. The molecular formula is C29H32N4O4S. The Labute approximate surface area is 224 Å². The largest absolute Gasteiger partial charge is 0.391 e. The molecule has 8 nitrogen and oxygen atoms in total. The van der Waals surface area contributed by atoms with E-state index < -0.39 is 17.7 Å². The number of aliphatic hydroxyl groups excluding tert-OH is 1. The number of aromatic nitrogens is 1. The zero-order chi connectivity index (χ0) is 26.8. The second-order valence-corrected chi connectivity index (χ2v) is 12.1. The molecular weight excluding hydrogens is 500 g/mol. The average molecular weight is 533 g/mol. The fourth-order valence-corrected chi connectivity index (χ4v) is 6.52. The molecule has 0 radical (unpaired) electrons. The standard InChI is InChI=1S/C29H32N4O4S/c1-16-11-18-12-20(9-10-23(18)33(16)28(36)31-19-7-8-19)30-22-6-4-5-17-13-24(38-26(17)22)27(35)32-15-21(34)14-25(32)29(2,3)37/h4-6,9-13,19,21,25,30,34,37H,7-8,14-15H2,1-3H3,(H,31,36)/t21-,25+/m1/s1. The number of benzene rings is 2. The van der Waals surface area contributed by atoms with E-state index in [4.69, 9.17) is 0 Å². The van der Waals surface area contributed by atoms with Crippen molar-refractivity contribution < 1.29 is 19.8 Å². The first kappa shape index (κ1) is 24.9. The molecule has 4 N–H and O–H groups in total. The summed E-state index contributed by atoms with van der Waals surface area (Å²) in [5.74, 6) is -0.177. The minimum absolute atomic E-state index is 0.0846. The number of β-amino-alcohol motifs (C(OH)–C–C–N with tert-alkyl or cyclic N) is 1. The molecule has 1 saturated carbocycles. The zero-order valence-electron chi connectivity index (χ0n) is 21.7. The van der Waals surface area contributed by atoms with E-state index in [1.807, 2.05) is 55.5 Å². The average Bonchev–Trinajstić information content (AvgIpc) is 3.25. The van der Waals surface area contributed by atoms with Crippen molar-refractivity contribution in [3.63, 3.8) is 0 Å². The van der Waals surface area contributed by atoms with Crippen molar-refractivity contribution in [3.8, 4) is 0 Å². The Balaban J connectivity index is 1.28. The molecule has 9 heteroatoms. The third kappa shape index (κ3) is 4.55. The van der Waals surface area contributed by atoms with Crippen molar-refractivity contribution in [2.24, 2.45) is 0 Å². The summed E-state index contributed by atoms with van der Waals surface area (Å²) in [6.07, 6.45) is 1.80. The van der Waals surface area contributed by atoms with Gasteiger partial charge in [0.25, 0.3) is 5.91 Å². The van der Waals surface area contributed by atoms with Gasteiger partial charge in [-0.15, -0.1) is 11.3 Å². The molecule has 1 saturated heterocycles. The Morgan fingerprint density at radius 3 is 2.61 bits per heavy atom. The Kier molecular flexibility index (Phi) is 5.97. The lowest BCUT2D eigenvalue weighted by Gasteiger charge is -2.33. The number of amides is 2. The quantitative estimate of drug-likeness (QED) is 0.290. The number of nitrogens with one attached hydrogen (secondary N) is 2. The zero-order valence-corrected chi connectivity index (χ0v) is 22.5. The van der Waals surface area contributed by atoms with Gasteiger partial charge in [-0.05, 0) is 81.8 Å². The molecule has 4 aromatic rings. The molecule has 1 aliphatic heterocycles. The minimum atomic E-state index is -1.11. The molecule has 2 atom stereocenters. The molecule has 2 amide bonds. The maximum absolute atomic E-state index is 13.5. The maximum atomic E-state index is 13.5. The number of fused-ring (bicyclic) bond motifs is 2. The summed E-state index contributed by atoms with van der Waals surface area (Å²) in [6.45, 7) is 5.50. The van der Waals surface area contributed by atoms with Gasteiger partial charge >= 0.3 is 6.03 Å². The summed E-state index contributed by atoms with van der Waals surface area (Å²) in [5.41, 5.74) is 2.41. The van der Waals surface area contributed by atoms with E-state index in [2.05, 4.69) is 10.6 Å². The Bertz CT molecular complexity index is 1560. The van der Waals surface area contributed by atoms with E-state index in [0.29, 0.717) is 17.3 Å². The number of likely N-dealkylation sites (tertiary alicyclic amines) is 1. The molecule has 38 heavy (non-hydrogen) atoms. The van der Waals surface area contributed by atoms with Gasteiger partial charge in [-0.3, -0.25) is 9.36 Å². The lowest BCUT2D eigenvalue weighted by Crippen LogP contribution is -2.48. The van der Waals surface area contributed by atoms with E-state index in [1.165, 1.54) is 11.3 Å². The number of aliphatic hydroxyl groups is 2. The van der Waals surface area contributed by atoms with Crippen LogP contribution < -0.4 is 10.6 Å². The smallest absolute Gasteiger partial charge is 0.326 e. The summed E-state index contributed by atoms with van der Waals surface area (Å²) < 4.78 is 2.68. The molecule has 2 aromatic carbocycles. The molecule has 6 rings (SSSR count). The van der Waals surface area contributed by atoms with Gasteiger partial charge in [0.05, 0.1) is 38.5 Å². The van der Waals surface area contributed by atoms with E-state index >= 15 is 0 Å². The molecule has 0 bridgehead atoms. The highest BCUT2D eigenvalue weighted by Crippen LogP contribution is 2.37. The lowest BCUT2D eigenvalue weighted by atomic mass is 9.96. The van der Waals surface area contributed by atoms with Crippen molar-refractivity contribution in [2.75, 3.05) is 11.9 Å². The molecule has 198 valence electrons. The van der Waals surface area contributed by atoms with Crippen molar-refractivity contribution in [1.82, 2.24) is 14.8 Å². The normalized spacial score (nSPS) is 19.9. The number of carbonyl (C=O) groups is 2. The highest BCUT2D eigenvalue weighted by atomic mass is 32.1. The third-order valence-corrected chi connectivity index (χ3v) is 8.65. The van der Waals surface area contributed by atoms with Gasteiger partial charge in [0.1, 0.15) is 0 Å². The van der Waals surface area contributed by atoms with Gasteiger partial charge in [0, 0.05) is 29.4 Å². The van der Waals surface area contributed by atoms with Crippen LogP contribution in [0.25, 0.3) is 21.0 Å². The Morgan fingerprint density at radius 2 is 1.87 bits per heavy atom. The van der Waals surface area contributed by atoms with Crippen LogP contribution in [0.3, 0.4) is 0 Å². The van der Waals surface area contributed by atoms with Crippen molar-refractivity contribution in [3.05, 3.63) is 59.1 Å². The van der Waals surface area contributed by atoms with Crippen molar-refractivity contribution >= 4 is 55.6 Å². The highest BCUT2D eigenvalue weighted by molar-refractivity contribution is 7.21. The van der Waals surface area contributed by atoms with Crippen LogP contribution in [0.1, 0.15) is 48.5 Å². The molecule has 2 aromatic heterocycles. The predicted molar refractivity (Wildman–Crippen MR) is 150 cm³/mol. The van der Waals surface area contributed by atoms with Crippen LogP contribution in [-0.2, 0) is 0 Å². The fraction of sp³-hybridized carbons (Fsp3) is 0.379.